The van der Waals surface area contributed by atoms with Crippen LogP contribution in [0.25, 0.3) is 0 Å². The van der Waals surface area contributed by atoms with Crippen molar-refractivity contribution in [3.63, 3.8) is 0 Å². The zero-order valence-electron chi connectivity index (χ0n) is 9.60. The van der Waals surface area contributed by atoms with E-state index in [1.807, 2.05) is 0 Å². The molecule has 1 atom stereocenters. The van der Waals surface area contributed by atoms with Crippen LogP contribution in [0.15, 0.2) is 6.20 Å². The zero-order chi connectivity index (χ0) is 13.0. The number of carbonyl (C=O) groups is 2. The van der Waals surface area contributed by atoms with Gasteiger partial charge in [0.2, 0.25) is 0 Å². The molecule has 0 bridgehead atoms. The first-order valence-corrected chi connectivity index (χ1v) is 4.93. The minimum absolute atomic E-state index is 0.0552. The number of aromatic nitrogens is 2. The van der Waals surface area contributed by atoms with Gasteiger partial charge in [0, 0.05) is 19.2 Å². The number of nitrogens with zero attached hydrogens (tertiary/aromatic N) is 2. The molecule has 1 heterocycles. The van der Waals surface area contributed by atoms with Crippen LogP contribution in [-0.4, -0.2) is 32.8 Å². The van der Waals surface area contributed by atoms with E-state index >= 15 is 0 Å². The number of amides is 1. The minimum atomic E-state index is -1.15. The summed E-state index contributed by atoms with van der Waals surface area (Å²) in [6.07, 6.45) is 6.37. The maximum Gasteiger partial charge on any atom is 0.327 e. The highest BCUT2D eigenvalue weighted by atomic mass is 16.4. The normalized spacial score (nSPS) is 11.6. The molecule has 2 N–H and O–H groups in total. The highest BCUT2D eigenvalue weighted by Gasteiger charge is 2.21. The molecule has 1 unspecified atom stereocenters. The van der Waals surface area contributed by atoms with Gasteiger partial charge in [0.05, 0.1) is 11.8 Å². The van der Waals surface area contributed by atoms with Crippen LogP contribution in [-0.2, 0) is 11.8 Å². The lowest BCUT2D eigenvalue weighted by Crippen LogP contribution is -2.40. The van der Waals surface area contributed by atoms with Crippen LogP contribution >= 0.6 is 0 Å². The van der Waals surface area contributed by atoms with E-state index in [1.54, 1.807) is 14.0 Å². The Kier molecular flexibility index (Phi) is 3.88. The van der Waals surface area contributed by atoms with Crippen molar-refractivity contribution in [1.82, 2.24) is 15.1 Å². The number of nitrogens with one attached hydrogen (secondary N) is 1. The topological polar surface area (TPSA) is 84.2 Å². The predicted molar refractivity (Wildman–Crippen MR) is 60.3 cm³/mol. The molecule has 0 radical (unpaired) electrons. The largest absolute Gasteiger partial charge is 0.480 e. The molecule has 0 fully saturated rings. The Labute approximate surface area is 98.6 Å². The molecule has 0 aromatic carbocycles. The van der Waals surface area contributed by atoms with Crippen LogP contribution in [0.5, 0.6) is 0 Å². The fourth-order valence-electron chi connectivity index (χ4n) is 1.28. The molecule has 0 saturated heterocycles. The first kappa shape index (κ1) is 12.8. The van der Waals surface area contributed by atoms with Gasteiger partial charge in [0.1, 0.15) is 6.04 Å². The molecule has 1 rings (SSSR count). The van der Waals surface area contributed by atoms with Crippen molar-refractivity contribution in [3.05, 3.63) is 17.5 Å². The van der Waals surface area contributed by atoms with Crippen LogP contribution in [0.3, 0.4) is 0 Å². The van der Waals surface area contributed by atoms with Crippen molar-refractivity contribution >= 4 is 11.9 Å². The van der Waals surface area contributed by atoms with Crippen LogP contribution in [0, 0.1) is 19.3 Å². The molecule has 90 valence electrons. The summed E-state index contributed by atoms with van der Waals surface area (Å²) in [5.74, 6) is 0.567. The quantitative estimate of drug-likeness (QED) is 0.716. The van der Waals surface area contributed by atoms with Crippen LogP contribution in [0.2, 0.25) is 0 Å². The van der Waals surface area contributed by atoms with E-state index < -0.39 is 17.9 Å². The van der Waals surface area contributed by atoms with Gasteiger partial charge < -0.3 is 10.4 Å². The molecule has 17 heavy (non-hydrogen) atoms. The van der Waals surface area contributed by atoms with Gasteiger partial charge in [-0.3, -0.25) is 9.48 Å². The SMILES string of the molecule is C#CCC(NC(=O)c1cnn(C)c1C)C(=O)O. The number of hydrogen-bond donors (Lipinski definition) is 2. The second kappa shape index (κ2) is 5.16. The lowest BCUT2D eigenvalue weighted by molar-refractivity contribution is -0.139. The van der Waals surface area contributed by atoms with Crippen LogP contribution in [0.1, 0.15) is 22.5 Å². The first-order chi connectivity index (χ1) is 7.97. The van der Waals surface area contributed by atoms with Crippen molar-refractivity contribution in [2.24, 2.45) is 7.05 Å². The van der Waals surface area contributed by atoms with Gasteiger partial charge in [0.25, 0.3) is 5.91 Å². The molecular weight excluding hydrogens is 222 g/mol. The summed E-state index contributed by atoms with van der Waals surface area (Å²) in [7, 11) is 1.70. The molecule has 0 spiro atoms. The maximum absolute atomic E-state index is 11.8. The average Bonchev–Trinajstić information content (AvgIpc) is 2.59. The number of carboxylic acid groups (broad SMARTS) is 1. The minimum Gasteiger partial charge on any atom is -0.480 e. The van der Waals surface area contributed by atoms with Gasteiger partial charge in [-0.15, -0.1) is 12.3 Å². The van der Waals surface area contributed by atoms with Crippen molar-refractivity contribution < 1.29 is 14.7 Å². The summed E-state index contributed by atoms with van der Waals surface area (Å²) in [6.45, 7) is 1.72. The van der Waals surface area contributed by atoms with Gasteiger partial charge in [-0.25, -0.2) is 4.79 Å². The summed E-state index contributed by atoms with van der Waals surface area (Å²) in [6, 6.07) is -1.08. The molecule has 6 heteroatoms. The van der Waals surface area contributed by atoms with Gasteiger partial charge in [-0.1, -0.05) is 0 Å². The summed E-state index contributed by atoms with van der Waals surface area (Å²) < 4.78 is 1.53. The van der Waals surface area contributed by atoms with Crippen LogP contribution < -0.4 is 5.32 Å². The van der Waals surface area contributed by atoms with E-state index in [0.717, 1.165) is 0 Å². The Morgan fingerprint density at radius 1 is 1.71 bits per heavy atom. The molecule has 0 saturated carbocycles. The highest BCUT2D eigenvalue weighted by Crippen LogP contribution is 2.06. The van der Waals surface area contributed by atoms with E-state index in [-0.39, 0.29) is 6.42 Å². The standard InChI is InChI=1S/C11H13N3O3/c1-4-5-9(11(16)17)13-10(15)8-6-12-14(3)7(8)2/h1,6,9H,5H2,2-3H3,(H,13,15)(H,16,17). The van der Waals surface area contributed by atoms with Gasteiger partial charge >= 0.3 is 5.97 Å². The van der Waals surface area contributed by atoms with Gasteiger partial charge in [-0.2, -0.15) is 5.10 Å². The fourth-order valence-corrected chi connectivity index (χ4v) is 1.28. The average molecular weight is 235 g/mol. The third-order valence-corrected chi connectivity index (χ3v) is 2.41. The Hall–Kier alpha value is -2.29. The van der Waals surface area contributed by atoms with Gasteiger partial charge in [-0.05, 0) is 6.92 Å². The highest BCUT2D eigenvalue weighted by molar-refractivity contribution is 5.97. The second-order valence-corrected chi connectivity index (χ2v) is 3.54. The van der Waals surface area contributed by atoms with Crippen molar-refractivity contribution in [2.75, 3.05) is 0 Å². The molecule has 1 amide bonds. The Morgan fingerprint density at radius 3 is 2.76 bits per heavy atom. The zero-order valence-corrected chi connectivity index (χ0v) is 9.60. The summed E-state index contributed by atoms with van der Waals surface area (Å²) in [4.78, 5) is 22.6. The first-order valence-electron chi connectivity index (χ1n) is 4.93. The molecule has 0 aliphatic carbocycles. The molecular formula is C11H13N3O3. The number of aliphatic carboxylic acids is 1. The van der Waals surface area contributed by atoms with E-state index in [1.165, 1.54) is 10.9 Å². The monoisotopic (exact) mass is 235 g/mol. The number of carboxylic acids is 1. The van der Waals surface area contributed by atoms with Crippen LogP contribution in [0.4, 0.5) is 0 Å². The van der Waals surface area contributed by atoms with Gasteiger partial charge in [0.15, 0.2) is 0 Å². The number of terminal acetylenes is 1. The summed E-state index contributed by atoms with van der Waals surface area (Å²) >= 11 is 0. The molecule has 0 aliphatic heterocycles. The molecule has 6 nitrogen and oxygen atoms in total. The number of aryl methyl sites for hydroxylation is 1. The fraction of sp³-hybridized carbons (Fsp3) is 0.364. The maximum atomic E-state index is 11.8. The number of hydrogen-bond acceptors (Lipinski definition) is 3. The van der Waals surface area contributed by atoms with Crippen molar-refractivity contribution in [2.45, 2.75) is 19.4 Å². The second-order valence-electron chi connectivity index (χ2n) is 3.54. The Morgan fingerprint density at radius 2 is 2.35 bits per heavy atom. The smallest absolute Gasteiger partial charge is 0.327 e. The van der Waals surface area contributed by atoms with E-state index in [2.05, 4.69) is 16.3 Å². The molecule has 1 aromatic heterocycles. The third kappa shape index (κ3) is 2.84. The molecule has 1 aromatic rings. The Balaban J connectivity index is 2.82. The molecule has 0 aliphatic rings. The van der Waals surface area contributed by atoms with Crippen molar-refractivity contribution in [1.29, 1.82) is 0 Å². The predicted octanol–water partition coefficient (Wildman–Crippen LogP) is -0.0652. The lowest BCUT2D eigenvalue weighted by Gasteiger charge is -2.11. The van der Waals surface area contributed by atoms with E-state index in [9.17, 15) is 9.59 Å². The van der Waals surface area contributed by atoms with E-state index in [0.29, 0.717) is 11.3 Å². The third-order valence-electron chi connectivity index (χ3n) is 2.41. The lowest BCUT2D eigenvalue weighted by atomic mass is 10.2. The summed E-state index contributed by atoms with van der Waals surface area (Å²) in [5, 5.41) is 15.1. The van der Waals surface area contributed by atoms with Crippen molar-refractivity contribution in [3.8, 4) is 12.3 Å². The number of rotatable bonds is 4. The number of carbonyl (C=O) groups excluding carboxylic acids is 1. The Bertz CT molecular complexity index is 485. The van der Waals surface area contributed by atoms with E-state index in [4.69, 9.17) is 11.5 Å². The summed E-state index contributed by atoms with van der Waals surface area (Å²) in [5.41, 5.74) is 1.00.